The molecule has 0 saturated carbocycles. The maximum atomic E-state index is 11.8. The van der Waals surface area contributed by atoms with Gasteiger partial charge in [-0.2, -0.15) is 0 Å². The zero-order valence-corrected chi connectivity index (χ0v) is 9.97. The van der Waals surface area contributed by atoms with Gasteiger partial charge in [-0.15, -0.1) is 0 Å². The molecule has 82 valence electrons. The van der Waals surface area contributed by atoms with E-state index < -0.39 is 10.8 Å². The van der Waals surface area contributed by atoms with Crippen LogP contribution in [0.25, 0.3) is 0 Å². The Kier molecular flexibility index (Phi) is 4.69. The van der Waals surface area contributed by atoms with Crippen molar-refractivity contribution in [3.05, 3.63) is 29.8 Å². The summed E-state index contributed by atoms with van der Waals surface area (Å²) in [5, 5.41) is 0. The van der Waals surface area contributed by atoms with Crippen LogP contribution >= 0.6 is 0 Å². The molecule has 0 aliphatic rings. The van der Waals surface area contributed by atoms with Crippen LogP contribution in [0.1, 0.15) is 25.3 Å². The molecule has 1 rings (SSSR count). The lowest BCUT2D eigenvalue weighted by Gasteiger charge is -2.04. The first-order chi connectivity index (χ1) is 7.11. The lowest BCUT2D eigenvalue weighted by atomic mass is 10.2. The number of rotatable bonds is 5. The Balaban J connectivity index is 2.54. The van der Waals surface area contributed by atoms with Gasteiger partial charge in [0.25, 0.3) is 0 Å². The van der Waals surface area contributed by atoms with Gasteiger partial charge in [-0.1, -0.05) is 18.2 Å². The Morgan fingerprint density at radius 3 is 2.60 bits per heavy atom. The van der Waals surface area contributed by atoms with E-state index in [2.05, 4.69) is 0 Å². The van der Waals surface area contributed by atoms with Crippen molar-refractivity contribution in [1.82, 2.24) is 0 Å². The van der Waals surface area contributed by atoms with E-state index in [1.807, 2.05) is 31.2 Å². The molecule has 0 aromatic heterocycles. The molecule has 1 atom stereocenters. The predicted molar refractivity (Wildman–Crippen MR) is 62.4 cm³/mol. The number of ketones is 1. The molecule has 0 aliphatic heterocycles. The molecule has 1 aromatic carbocycles. The quantitative estimate of drug-likeness (QED) is 0.770. The van der Waals surface area contributed by atoms with Gasteiger partial charge < -0.3 is 4.79 Å². The summed E-state index contributed by atoms with van der Waals surface area (Å²) in [5.41, 5.74) is 1.05. The maximum Gasteiger partial charge on any atom is 0.129 e. The number of carbonyl (C=O) groups is 1. The summed E-state index contributed by atoms with van der Waals surface area (Å²) in [4.78, 5) is 11.6. The van der Waals surface area contributed by atoms with E-state index in [0.29, 0.717) is 18.6 Å². The Morgan fingerprint density at radius 2 is 2.00 bits per heavy atom. The van der Waals surface area contributed by atoms with Crippen molar-refractivity contribution in [1.29, 1.82) is 0 Å². The second-order valence-corrected chi connectivity index (χ2v) is 5.16. The fourth-order valence-corrected chi connectivity index (χ4v) is 2.66. The molecule has 0 saturated heterocycles. The van der Waals surface area contributed by atoms with Gasteiger partial charge in [0.15, 0.2) is 0 Å². The Bertz CT molecular complexity index is 372. The van der Waals surface area contributed by atoms with Gasteiger partial charge >= 0.3 is 0 Å². The normalized spacial score (nSPS) is 12.4. The number of Topliss-reactive ketones (excluding diaryl/α,β-unsaturated/α-hetero) is 1. The number of carbonyl (C=O) groups excluding carboxylic acids is 1. The Hall–Kier alpha value is -0.960. The minimum atomic E-state index is -0.964. The van der Waals surface area contributed by atoms with Gasteiger partial charge in [0.2, 0.25) is 0 Å². The highest BCUT2D eigenvalue weighted by Gasteiger charge is 2.06. The van der Waals surface area contributed by atoms with Crippen molar-refractivity contribution >= 4 is 16.6 Å². The topological polar surface area (TPSA) is 34.1 Å². The van der Waals surface area contributed by atoms with E-state index >= 15 is 0 Å². The van der Waals surface area contributed by atoms with Gasteiger partial charge in [0.1, 0.15) is 5.78 Å². The molecule has 0 fully saturated rings. The highest BCUT2D eigenvalue weighted by Crippen LogP contribution is 2.13. The second kappa shape index (κ2) is 5.81. The molecule has 1 unspecified atom stereocenters. The Labute approximate surface area is 93.2 Å². The molecule has 0 bridgehead atoms. The van der Waals surface area contributed by atoms with Gasteiger partial charge in [-0.3, -0.25) is 4.21 Å². The molecule has 0 spiro atoms. The summed E-state index contributed by atoms with van der Waals surface area (Å²) in [6.07, 6.45) is 1.23. The van der Waals surface area contributed by atoms with Gasteiger partial charge in [-0.25, -0.2) is 0 Å². The Morgan fingerprint density at radius 1 is 1.33 bits per heavy atom. The third-order valence-electron chi connectivity index (χ3n) is 2.20. The largest absolute Gasteiger partial charge is 0.300 e. The highest BCUT2D eigenvalue weighted by atomic mass is 32.2. The maximum absolute atomic E-state index is 11.8. The van der Waals surface area contributed by atoms with Crippen LogP contribution in [-0.2, 0) is 15.6 Å². The standard InChI is InChI=1S/C12H16O2S/c1-10-6-3-4-8-12(10)15(14)9-5-7-11(2)13/h3-4,6,8H,5,7,9H2,1-2H3. The zero-order valence-electron chi connectivity index (χ0n) is 9.16. The minimum absolute atomic E-state index is 0.164. The van der Waals surface area contributed by atoms with E-state index in [-0.39, 0.29) is 5.78 Å². The smallest absolute Gasteiger partial charge is 0.129 e. The van der Waals surface area contributed by atoms with E-state index in [1.54, 1.807) is 6.92 Å². The molecule has 2 nitrogen and oxygen atoms in total. The summed E-state index contributed by atoms with van der Waals surface area (Å²) in [6.45, 7) is 3.52. The average molecular weight is 224 g/mol. The van der Waals surface area contributed by atoms with E-state index in [0.717, 1.165) is 10.5 Å². The molecule has 0 amide bonds. The fraction of sp³-hybridized carbons (Fsp3) is 0.417. The lowest BCUT2D eigenvalue weighted by Crippen LogP contribution is -2.02. The van der Waals surface area contributed by atoms with Crippen LogP contribution in [0.5, 0.6) is 0 Å². The summed E-state index contributed by atoms with van der Waals surface area (Å²) in [6, 6.07) is 7.67. The lowest BCUT2D eigenvalue weighted by molar-refractivity contribution is -0.117. The molecule has 0 N–H and O–H groups in total. The molecule has 3 heteroatoms. The zero-order chi connectivity index (χ0) is 11.3. The van der Waals surface area contributed by atoms with E-state index in [1.165, 1.54) is 0 Å². The van der Waals surface area contributed by atoms with Crippen LogP contribution in [0.3, 0.4) is 0 Å². The second-order valence-electron chi connectivity index (χ2n) is 3.62. The number of benzene rings is 1. The van der Waals surface area contributed by atoms with Crippen molar-refractivity contribution < 1.29 is 9.00 Å². The summed E-state index contributed by atoms with van der Waals surface area (Å²) in [7, 11) is -0.964. The third kappa shape index (κ3) is 3.96. The van der Waals surface area contributed by atoms with Crippen LogP contribution in [0.4, 0.5) is 0 Å². The molecule has 0 radical (unpaired) electrons. The average Bonchev–Trinajstić information content (AvgIpc) is 2.17. The summed E-state index contributed by atoms with van der Waals surface area (Å²) in [5.74, 6) is 0.738. The molecular formula is C12H16O2S. The van der Waals surface area contributed by atoms with Gasteiger partial charge in [-0.05, 0) is 31.9 Å². The molecule has 0 heterocycles. The minimum Gasteiger partial charge on any atom is -0.300 e. The molecular weight excluding hydrogens is 208 g/mol. The van der Waals surface area contributed by atoms with Crippen LogP contribution in [0.15, 0.2) is 29.2 Å². The molecule has 1 aromatic rings. The number of hydrogen-bond donors (Lipinski definition) is 0. The molecule has 0 aliphatic carbocycles. The highest BCUT2D eigenvalue weighted by molar-refractivity contribution is 7.85. The third-order valence-corrected chi connectivity index (χ3v) is 3.81. The number of hydrogen-bond acceptors (Lipinski definition) is 2. The van der Waals surface area contributed by atoms with Crippen LogP contribution in [0.2, 0.25) is 0 Å². The van der Waals surface area contributed by atoms with Crippen LogP contribution < -0.4 is 0 Å². The van der Waals surface area contributed by atoms with Crippen LogP contribution in [0, 0.1) is 6.92 Å². The van der Waals surface area contributed by atoms with Crippen molar-refractivity contribution in [2.45, 2.75) is 31.6 Å². The number of aryl methyl sites for hydroxylation is 1. The summed E-state index contributed by atoms with van der Waals surface area (Å²) < 4.78 is 11.8. The van der Waals surface area contributed by atoms with Crippen molar-refractivity contribution in [3.63, 3.8) is 0 Å². The van der Waals surface area contributed by atoms with Crippen molar-refractivity contribution in [3.8, 4) is 0 Å². The van der Waals surface area contributed by atoms with Crippen molar-refractivity contribution in [2.24, 2.45) is 0 Å². The first-order valence-electron chi connectivity index (χ1n) is 5.04. The van der Waals surface area contributed by atoms with Crippen LogP contribution in [-0.4, -0.2) is 15.7 Å². The van der Waals surface area contributed by atoms with Crippen molar-refractivity contribution in [2.75, 3.05) is 5.75 Å². The predicted octanol–water partition coefficient (Wildman–Crippen LogP) is 2.47. The SMILES string of the molecule is CC(=O)CCCS(=O)c1ccccc1C. The van der Waals surface area contributed by atoms with E-state index in [4.69, 9.17) is 0 Å². The van der Waals surface area contributed by atoms with Gasteiger partial charge in [0.05, 0.1) is 10.8 Å². The van der Waals surface area contributed by atoms with E-state index in [9.17, 15) is 9.00 Å². The first-order valence-corrected chi connectivity index (χ1v) is 6.36. The van der Waals surface area contributed by atoms with Gasteiger partial charge in [0, 0.05) is 17.1 Å². The first kappa shape index (κ1) is 12.1. The summed E-state index contributed by atoms with van der Waals surface area (Å²) >= 11 is 0. The fourth-order valence-electron chi connectivity index (χ4n) is 1.37. The monoisotopic (exact) mass is 224 g/mol. The molecule has 15 heavy (non-hydrogen) atoms.